The molecule has 1 fully saturated rings. The summed E-state index contributed by atoms with van der Waals surface area (Å²) in [6, 6.07) is 10.2. The molecule has 2 heteroatoms. The number of piperidine rings is 1. The number of aliphatic hydroxyl groups excluding tert-OH is 1. The lowest BCUT2D eigenvalue weighted by Crippen LogP contribution is -2.40. The van der Waals surface area contributed by atoms with Crippen LogP contribution < -0.4 is 0 Å². The molecular weight excluding hydrogens is 198 g/mol. The average molecular weight is 219 g/mol. The Hall–Kier alpha value is -0.860. The van der Waals surface area contributed by atoms with E-state index in [1.807, 2.05) is 30.3 Å². The van der Waals surface area contributed by atoms with E-state index in [0.29, 0.717) is 0 Å². The molecule has 0 unspecified atom stereocenters. The van der Waals surface area contributed by atoms with E-state index >= 15 is 0 Å². The minimum Gasteiger partial charge on any atom is -0.387 e. The van der Waals surface area contributed by atoms with Crippen LogP contribution in [0.15, 0.2) is 30.3 Å². The summed E-state index contributed by atoms with van der Waals surface area (Å²) in [5, 5.41) is 10.3. The summed E-state index contributed by atoms with van der Waals surface area (Å²) in [7, 11) is 0. The zero-order valence-electron chi connectivity index (χ0n) is 9.97. The highest BCUT2D eigenvalue weighted by Crippen LogP contribution is 2.23. The van der Waals surface area contributed by atoms with Gasteiger partial charge in [-0.3, -0.25) is 4.90 Å². The Morgan fingerprint density at radius 3 is 2.31 bits per heavy atom. The maximum absolute atomic E-state index is 10.3. The van der Waals surface area contributed by atoms with Gasteiger partial charge in [-0.05, 0) is 38.4 Å². The average Bonchev–Trinajstić information content (AvgIpc) is 2.39. The van der Waals surface area contributed by atoms with Gasteiger partial charge in [-0.2, -0.15) is 0 Å². The van der Waals surface area contributed by atoms with Crippen LogP contribution >= 0.6 is 0 Å². The van der Waals surface area contributed by atoms with Gasteiger partial charge in [-0.15, -0.1) is 0 Å². The molecule has 1 N–H and O–H groups in total. The topological polar surface area (TPSA) is 23.5 Å². The van der Waals surface area contributed by atoms with E-state index in [9.17, 15) is 5.11 Å². The molecule has 2 atom stereocenters. The van der Waals surface area contributed by atoms with Crippen molar-refractivity contribution in [1.29, 1.82) is 0 Å². The molecule has 16 heavy (non-hydrogen) atoms. The number of hydrogen-bond acceptors (Lipinski definition) is 2. The van der Waals surface area contributed by atoms with Gasteiger partial charge in [0.25, 0.3) is 0 Å². The number of nitrogens with zero attached hydrogens (tertiary/aromatic N) is 1. The minimum atomic E-state index is -0.362. The van der Waals surface area contributed by atoms with Crippen molar-refractivity contribution in [3.63, 3.8) is 0 Å². The molecule has 1 aromatic rings. The zero-order valence-corrected chi connectivity index (χ0v) is 9.97. The Bertz CT molecular complexity index is 306. The van der Waals surface area contributed by atoms with E-state index in [1.165, 1.54) is 19.3 Å². The highest BCUT2D eigenvalue weighted by molar-refractivity contribution is 5.18. The highest BCUT2D eigenvalue weighted by atomic mass is 16.3. The first-order valence-electron chi connectivity index (χ1n) is 6.26. The van der Waals surface area contributed by atoms with Crippen molar-refractivity contribution < 1.29 is 5.11 Å². The third kappa shape index (κ3) is 2.63. The SMILES string of the molecule is C[C@H]([C@H](O)c1ccccc1)N1CCCCC1. The van der Waals surface area contributed by atoms with E-state index in [-0.39, 0.29) is 12.1 Å². The first-order chi connectivity index (χ1) is 7.79. The largest absolute Gasteiger partial charge is 0.387 e. The van der Waals surface area contributed by atoms with Crippen LogP contribution in [0, 0.1) is 0 Å². The van der Waals surface area contributed by atoms with Gasteiger partial charge in [0.15, 0.2) is 0 Å². The van der Waals surface area contributed by atoms with Crippen molar-refractivity contribution in [2.45, 2.75) is 38.3 Å². The molecule has 2 nitrogen and oxygen atoms in total. The lowest BCUT2D eigenvalue weighted by atomic mass is 10.00. The summed E-state index contributed by atoms with van der Waals surface area (Å²) in [6.45, 7) is 4.39. The lowest BCUT2D eigenvalue weighted by molar-refractivity contribution is 0.0471. The third-order valence-corrected chi connectivity index (χ3v) is 3.56. The summed E-state index contributed by atoms with van der Waals surface area (Å²) in [5.74, 6) is 0. The fraction of sp³-hybridized carbons (Fsp3) is 0.571. The molecule has 0 aliphatic carbocycles. The molecular formula is C14H21NO. The van der Waals surface area contributed by atoms with Gasteiger partial charge in [0.05, 0.1) is 6.10 Å². The Kier molecular flexibility index (Phi) is 3.97. The van der Waals surface area contributed by atoms with E-state index in [2.05, 4.69) is 11.8 Å². The predicted molar refractivity (Wildman–Crippen MR) is 66.3 cm³/mol. The quantitative estimate of drug-likeness (QED) is 0.844. The van der Waals surface area contributed by atoms with Gasteiger partial charge in [0.2, 0.25) is 0 Å². The Balaban J connectivity index is 2.00. The molecule has 0 bridgehead atoms. The van der Waals surface area contributed by atoms with Crippen molar-refractivity contribution in [3.05, 3.63) is 35.9 Å². The van der Waals surface area contributed by atoms with E-state index in [4.69, 9.17) is 0 Å². The fourth-order valence-electron chi connectivity index (χ4n) is 2.45. The van der Waals surface area contributed by atoms with Crippen LogP contribution in [0.1, 0.15) is 37.9 Å². The van der Waals surface area contributed by atoms with Crippen LogP contribution in [-0.4, -0.2) is 29.1 Å². The summed E-state index contributed by atoms with van der Waals surface area (Å²) in [4.78, 5) is 2.40. The lowest BCUT2D eigenvalue weighted by Gasteiger charge is -2.35. The maximum Gasteiger partial charge on any atom is 0.0942 e. The monoisotopic (exact) mass is 219 g/mol. The van der Waals surface area contributed by atoms with Gasteiger partial charge in [0, 0.05) is 6.04 Å². The summed E-state index contributed by atoms with van der Waals surface area (Å²) in [5.41, 5.74) is 1.03. The first kappa shape index (κ1) is 11.6. The molecule has 88 valence electrons. The second-order valence-electron chi connectivity index (χ2n) is 4.69. The van der Waals surface area contributed by atoms with Crippen molar-refractivity contribution >= 4 is 0 Å². The van der Waals surface area contributed by atoms with E-state index in [1.54, 1.807) is 0 Å². The van der Waals surface area contributed by atoms with Crippen molar-refractivity contribution in [2.75, 3.05) is 13.1 Å². The second-order valence-corrected chi connectivity index (χ2v) is 4.69. The molecule has 1 saturated heterocycles. The smallest absolute Gasteiger partial charge is 0.0942 e. The van der Waals surface area contributed by atoms with E-state index < -0.39 is 0 Å². The summed E-state index contributed by atoms with van der Waals surface area (Å²) in [6.07, 6.45) is 3.52. The number of benzene rings is 1. The van der Waals surface area contributed by atoms with Crippen LogP contribution in [-0.2, 0) is 0 Å². The molecule has 0 aromatic heterocycles. The molecule has 1 aromatic carbocycles. The molecule has 0 spiro atoms. The molecule has 1 heterocycles. The molecule has 0 saturated carbocycles. The van der Waals surface area contributed by atoms with Crippen LogP contribution in [0.3, 0.4) is 0 Å². The molecule has 0 amide bonds. The standard InChI is InChI=1S/C14H21NO/c1-12(15-10-6-3-7-11-15)14(16)13-8-4-2-5-9-13/h2,4-5,8-9,12,14,16H,3,6-7,10-11H2,1H3/t12-,14+/m1/s1. The van der Waals surface area contributed by atoms with Gasteiger partial charge in [0.1, 0.15) is 0 Å². The predicted octanol–water partition coefficient (Wildman–Crippen LogP) is 2.59. The number of likely N-dealkylation sites (tertiary alicyclic amines) is 1. The highest BCUT2D eigenvalue weighted by Gasteiger charge is 2.23. The van der Waals surface area contributed by atoms with Gasteiger partial charge in [-0.25, -0.2) is 0 Å². The van der Waals surface area contributed by atoms with Crippen molar-refractivity contribution in [1.82, 2.24) is 4.90 Å². The van der Waals surface area contributed by atoms with Crippen LogP contribution in [0.2, 0.25) is 0 Å². The van der Waals surface area contributed by atoms with Gasteiger partial charge >= 0.3 is 0 Å². The van der Waals surface area contributed by atoms with Crippen LogP contribution in [0.4, 0.5) is 0 Å². The van der Waals surface area contributed by atoms with Gasteiger partial charge in [-0.1, -0.05) is 36.8 Å². The van der Waals surface area contributed by atoms with Crippen LogP contribution in [0.5, 0.6) is 0 Å². The molecule has 1 aliphatic rings. The molecule has 2 rings (SSSR count). The summed E-state index contributed by atoms with van der Waals surface area (Å²) >= 11 is 0. The normalized spacial score (nSPS) is 21.6. The number of hydrogen-bond donors (Lipinski definition) is 1. The van der Waals surface area contributed by atoms with Crippen molar-refractivity contribution in [2.24, 2.45) is 0 Å². The van der Waals surface area contributed by atoms with Crippen LogP contribution in [0.25, 0.3) is 0 Å². The fourth-order valence-corrected chi connectivity index (χ4v) is 2.45. The Morgan fingerprint density at radius 1 is 1.06 bits per heavy atom. The van der Waals surface area contributed by atoms with Crippen molar-refractivity contribution in [3.8, 4) is 0 Å². The summed E-state index contributed by atoms with van der Waals surface area (Å²) < 4.78 is 0. The third-order valence-electron chi connectivity index (χ3n) is 3.56. The molecule has 1 aliphatic heterocycles. The maximum atomic E-state index is 10.3. The molecule has 0 radical (unpaired) electrons. The first-order valence-corrected chi connectivity index (χ1v) is 6.26. The Morgan fingerprint density at radius 2 is 1.69 bits per heavy atom. The number of aliphatic hydroxyl groups is 1. The zero-order chi connectivity index (χ0) is 11.4. The van der Waals surface area contributed by atoms with E-state index in [0.717, 1.165) is 18.7 Å². The minimum absolute atomic E-state index is 0.225. The van der Waals surface area contributed by atoms with Gasteiger partial charge < -0.3 is 5.11 Å². The Labute approximate surface area is 97.9 Å². The second kappa shape index (κ2) is 5.46. The number of rotatable bonds is 3.